The summed E-state index contributed by atoms with van der Waals surface area (Å²) in [6, 6.07) is 18.0. The van der Waals surface area contributed by atoms with Gasteiger partial charge in [0.25, 0.3) is 11.5 Å². The number of amides is 2. The van der Waals surface area contributed by atoms with Crippen molar-refractivity contribution in [3.05, 3.63) is 111 Å². The highest BCUT2D eigenvalue weighted by Crippen LogP contribution is 2.42. The number of carbonyl (C=O) groups is 3. The number of aliphatic hydroxyl groups is 1. The largest absolute Gasteiger partial charge is 0.508 e. The molecule has 4 aromatic heterocycles. The number of rotatable bonds is 11. The Balaban J connectivity index is 0.809. The molecule has 1 atom stereocenters. The van der Waals surface area contributed by atoms with Crippen LogP contribution in [0.4, 0.5) is 4.79 Å². The number of fused-ring (bicyclic) bond motifs is 6. The minimum absolute atomic E-state index is 0.0251. The van der Waals surface area contributed by atoms with Crippen molar-refractivity contribution in [3.8, 4) is 45.7 Å². The second kappa shape index (κ2) is 17.5. The maximum absolute atomic E-state index is 13.8. The maximum Gasteiger partial charge on any atom is 0.415 e. The lowest BCUT2D eigenvalue weighted by Gasteiger charge is -2.31. The average Bonchev–Trinajstić information content (AvgIpc) is 4.07. The van der Waals surface area contributed by atoms with E-state index in [9.17, 15) is 34.5 Å². The second-order valence-corrected chi connectivity index (χ2v) is 18.5. The summed E-state index contributed by atoms with van der Waals surface area (Å²) in [5, 5.41) is 46.0. The molecule has 1 saturated heterocycles. The van der Waals surface area contributed by atoms with Gasteiger partial charge in [0.1, 0.15) is 23.9 Å². The zero-order chi connectivity index (χ0) is 48.5. The minimum Gasteiger partial charge on any atom is -0.508 e. The third-order valence-electron chi connectivity index (χ3n) is 14.2. The molecule has 7 aromatic rings. The van der Waals surface area contributed by atoms with Crippen LogP contribution in [0.15, 0.2) is 71.7 Å². The zero-order valence-corrected chi connectivity index (χ0v) is 39.2. The molecular formula is C52H54N8O9. The van der Waals surface area contributed by atoms with Gasteiger partial charge in [-0.25, -0.2) is 14.6 Å². The fraction of sp³-hybridized carbons (Fsp3) is 0.365. The number of hydrogen-bond donors (Lipinski definition) is 4. The number of pyridine rings is 2. The van der Waals surface area contributed by atoms with Crippen molar-refractivity contribution in [2.24, 2.45) is 5.92 Å². The Bertz CT molecular complexity index is 3310. The molecule has 0 aliphatic carbocycles. The first-order valence-corrected chi connectivity index (χ1v) is 23.7. The molecule has 17 heteroatoms. The normalized spacial score (nSPS) is 16.7. The molecule has 3 aliphatic rings. The van der Waals surface area contributed by atoms with Crippen molar-refractivity contribution in [2.45, 2.75) is 97.9 Å². The van der Waals surface area contributed by atoms with E-state index in [1.165, 1.54) is 6.07 Å². The van der Waals surface area contributed by atoms with Crippen LogP contribution in [0.3, 0.4) is 0 Å². The van der Waals surface area contributed by atoms with E-state index in [2.05, 4.69) is 20.1 Å². The van der Waals surface area contributed by atoms with Crippen LogP contribution in [-0.4, -0.2) is 86.7 Å². The van der Waals surface area contributed by atoms with Crippen molar-refractivity contribution in [1.29, 1.82) is 0 Å². The van der Waals surface area contributed by atoms with Gasteiger partial charge in [0.15, 0.2) is 11.4 Å². The van der Waals surface area contributed by atoms with Crippen molar-refractivity contribution in [1.82, 2.24) is 39.1 Å². The number of nitrogens with zero attached hydrogens (tertiary/aromatic N) is 7. The number of benzene rings is 3. The number of ether oxygens (including phenoxy) is 2. The van der Waals surface area contributed by atoms with Crippen molar-refractivity contribution >= 4 is 39.8 Å². The van der Waals surface area contributed by atoms with Crippen LogP contribution in [0.5, 0.6) is 17.2 Å². The first-order valence-electron chi connectivity index (χ1n) is 23.7. The number of esters is 1. The highest BCUT2D eigenvalue weighted by molar-refractivity contribution is 5.93. The highest BCUT2D eigenvalue weighted by atomic mass is 16.6. The molecule has 7 heterocycles. The number of phenolic OH excluding ortho intramolecular Hbond substituents is 2. The number of phenols is 2. The summed E-state index contributed by atoms with van der Waals surface area (Å²) in [7, 11) is 0. The summed E-state index contributed by atoms with van der Waals surface area (Å²) in [5.74, 6) is -0.285. The third-order valence-corrected chi connectivity index (χ3v) is 14.2. The Morgan fingerprint density at radius 1 is 0.957 bits per heavy atom. The van der Waals surface area contributed by atoms with E-state index >= 15 is 0 Å². The summed E-state index contributed by atoms with van der Waals surface area (Å²) in [4.78, 5) is 59.9. The summed E-state index contributed by atoms with van der Waals surface area (Å²) in [6.45, 7) is 11.8. The molecule has 2 amide bonds. The van der Waals surface area contributed by atoms with Gasteiger partial charge < -0.3 is 44.1 Å². The number of likely N-dealkylation sites (tertiary alicyclic amines) is 1. The predicted octanol–water partition coefficient (Wildman–Crippen LogP) is 7.43. The molecule has 0 saturated carbocycles. The van der Waals surface area contributed by atoms with Gasteiger partial charge in [-0.1, -0.05) is 27.7 Å². The minimum atomic E-state index is -1.91. The molecular weight excluding hydrogens is 881 g/mol. The molecule has 0 bridgehead atoms. The van der Waals surface area contributed by atoms with E-state index in [1.54, 1.807) is 39.2 Å². The lowest BCUT2D eigenvalue weighted by molar-refractivity contribution is -0.172. The lowest BCUT2D eigenvalue weighted by atomic mass is 9.86. The molecule has 0 spiro atoms. The summed E-state index contributed by atoms with van der Waals surface area (Å²) in [6.07, 6.45) is 4.90. The van der Waals surface area contributed by atoms with Gasteiger partial charge in [0.05, 0.1) is 40.3 Å². The molecule has 1 fully saturated rings. The fourth-order valence-corrected chi connectivity index (χ4v) is 10.3. The number of aromatic hydroxyl groups is 2. The fourth-order valence-electron chi connectivity index (χ4n) is 10.3. The Morgan fingerprint density at radius 3 is 2.49 bits per heavy atom. The van der Waals surface area contributed by atoms with E-state index in [-0.39, 0.29) is 65.3 Å². The number of carbonyl (C=O) groups excluding carboxylic acids is 3. The number of nitrogens with one attached hydrogen (secondary N) is 1. The molecule has 3 aromatic carbocycles. The van der Waals surface area contributed by atoms with Gasteiger partial charge in [0, 0.05) is 65.9 Å². The number of aromatic nitrogens is 6. The molecule has 10 rings (SSSR count). The molecule has 69 heavy (non-hydrogen) atoms. The predicted molar refractivity (Wildman–Crippen MR) is 257 cm³/mol. The smallest absolute Gasteiger partial charge is 0.415 e. The summed E-state index contributed by atoms with van der Waals surface area (Å²) >= 11 is 0. The van der Waals surface area contributed by atoms with Crippen molar-refractivity contribution in [3.63, 3.8) is 0 Å². The summed E-state index contributed by atoms with van der Waals surface area (Å²) in [5.41, 5.74) is 4.64. The topological polar surface area (TPSA) is 216 Å². The monoisotopic (exact) mass is 934 g/mol. The van der Waals surface area contributed by atoms with Crippen LogP contribution in [0.2, 0.25) is 0 Å². The van der Waals surface area contributed by atoms with Crippen LogP contribution >= 0.6 is 0 Å². The SMILES string of the molecule is CCNC(=O)c1nnc(-c2cc(C(C)C)c(O)cc2O)n1-c1ccc2c(ccn2CCC2CCN(C(=O)Oc3ccc4nc5c(c(CC)c4c3)Cn3c-5cc4c(c3=O)COC(=O)[C@]4(O)CC)CC2)c1. The molecule has 356 valence electrons. The van der Waals surface area contributed by atoms with Crippen LogP contribution in [0.1, 0.15) is 105 Å². The Kier molecular flexibility index (Phi) is 11.5. The summed E-state index contributed by atoms with van der Waals surface area (Å²) < 4.78 is 16.7. The number of hydrogen-bond acceptors (Lipinski definition) is 12. The van der Waals surface area contributed by atoms with E-state index in [0.29, 0.717) is 71.4 Å². The van der Waals surface area contributed by atoms with Gasteiger partial charge >= 0.3 is 12.1 Å². The van der Waals surface area contributed by atoms with Crippen LogP contribution in [-0.2, 0) is 41.2 Å². The van der Waals surface area contributed by atoms with Gasteiger partial charge in [0.2, 0.25) is 5.82 Å². The van der Waals surface area contributed by atoms with E-state index in [1.807, 2.05) is 70.3 Å². The van der Waals surface area contributed by atoms with E-state index in [4.69, 9.17) is 14.5 Å². The zero-order valence-electron chi connectivity index (χ0n) is 39.2. The van der Waals surface area contributed by atoms with Crippen molar-refractivity contribution in [2.75, 3.05) is 19.6 Å². The average molecular weight is 935 g/mol. The van der Waals surface area contributed by atoms with E-state index in [0.717, 1.165) is 53.2 Å². The Morgan fingerprint density at radius 2 is 1.75 bits per heavy atom. The maximum atomic E-state index is 13.8. The Hall–Kier alpha value is -7.53. The Labute approximate surface area is 396 Å². The van der Waals surface area contributed by atoms with Gasteiger partial charge in [-0.05, 0) is 117 Å². The molecule has 0 radical (unpaired) electrons. The van der Waals surface area contributed by atoms with Gasteiger partial charge in [-0.3, -0.25) is 14.2 Å². The molecule has 17 nitrogen and oxygen atoms in total. The van der Waals surface area contributed by atoms with Crippen molar-refractivity contribution < 1.29 is 39.2 Å². The second-order valence-electron chi connectivity index (χ2n) is 18.5. The molecule has 4 N–H and O–H groups in total. The third kappa shape index (κ3) is 7.64. The molecule has 3 aliphatic heterocycles. The molecule has 0 unspecified atom stereocenters. The van der Waals surface area contributed by atoms with Crippen LogP contribution in [0.25, 0.3) is 50.3 Å². The number of piperidine rings is 1. The number of aryl methyl sites for hydroxylation is 2. The first-order chi connectivity index (χ1) is 33.2. The first kappa shape index (κ1) is 45.3. The highest BCUT2D eigenvalue weighted by Gasteiger charge is 2.45. The standard InChI is InChI=1S/C52H54N8O9/c1-6-33-35-22-32(10-11-40(35)54-45-37(33)26-59-42(45)24-39-38(49(59)64)27-68-50(65)52(39,67)7-2)69-51(66)58-18-14-29(15-19-58)13-17-57-20-16-30-21-31(9-12-41(30)57)60-46(55-56-47(60)48(63)53-8-3)36-23-34(28(4)5)43(61)25-44(36)62/h9-12,16,20-25,28-29,61-62,67H,6-8,13-15,17-19,26-27H2,1-5H3,(H,53,63)/t52-/m0/s1. The van der Waals surface area contributed by atoms with Gasteiger partial charge in [-0.2, -0.15) is 0 Å². The lowest BCUT2D eigenvalue weighted by Crippen LogP contribution is -2.44. The van der Waals surface area contributed by atoms with Gasteiger partial charge in [-0.15, -0.1) is 10.2 Å². The number of cyclic esters (lactones) is 1. The van der Waals surface area contributed by atoms with E-state index < -0.39 is 23.6 Å². The van der Waals surface area contributed by atoms with Crippen LogP contribution in [0, 0.1) is 5.92 Å². The van der Waals surface area contributed by atoms with Crippen LogP contribution < -0.4 is 15.6 Å². The quantitative estimate of drug-likeness (QED) is 0.0932.